The Morgan fingerprint density at radius 1 is 1.30 bits per heavy atom. The fourth-order valence-electron chi connectivity index (χ4n) is 4.63. The Hall–Kier alpha value is -3.77. The Kier molecular flexibility index (Phi) is 4.45. The van der Waals surface area contributed by atoms with Crippen molar-refractivity contribution in [2.45, 2.75) is 25.2 Å². The molecular weight excluding hydrogens is 426 g/mol. The number of aryl methyl sites for hydroxylation is 1. The van der Waals surface area contributed by atoms with Crippen molar-refractivity contribution in [2.24, 2.45) is 7.05 Å². The van der Waals surface area contributed by atoms with Crippen molar-refractivity contribution < 1.29 is 14.6 Å². The number of ether oxygens (including phenoxy) is 1. The highest BCUT2D eigenvalue weighted by atomic mass is 16.5. The number of nitrogens with one attached hydrogen (secondary N) is 2. The molecule has 3 aromatic heterocycles. The summed E-state index contributed by atoms with van der Waals surface area (Å²) in [5.41, 5.74) is 4.02. The first-order valence-corrected chi connectivity index (χ1v) is 10.7. The van der Waals surface area contributed by atoms with Crippen molar-refractivity contribution in [3.8, 4) is 0 Å². The smallest absolute Gasteiger partial charge is 0.259 e. The molecule has 170 valence electrons. The van der Waals surface area contributed by atoms with Crippen LogP contribution in [0.2, 0.25) is 0 Å². The van der Waals surface area contributed by atoms with Crippen LogP contribution in [0, 0.1) is 0 Å². The number of carbonyl (C=O) groups is 1. The van der Waals surface area contributed by atoms with Gasteiger partial charge in [0, 0.05) is 26.7 Å². The normalized spacial score (nSPS) is 20.8. The fraction of sp³-hybridized carbons (Fsp3) is 0.381. The molecule has 0 unspecified atom stereocenters. The third kappa shape index (κ3) is 3.17. The first-order chi connectivity index (χ1) is 16.0. The minimum Gasteiger partial charge on any atom is -0.391 e. The Morgan fingerprint density at radius 2 is 2.18 bits per heavy atom. The lowest BCUT2D eigenvalue weighted by Gasteiger charge is -2.24. The molecule has 12 nitrogen and oxygen atoms in total. The molecule has 1 saturated heterocycles. The van der Waals surface area contributed by atoms with E-state index in [0.717, 1.165) is 16.8 Å². The number of hydrogen-bond acceptors (Lipinski definition) is 9. The summed E-state index contributed by atoms with van der Waals surface area (Å²) in [5, 5.41) is 29.6. The third-order valence-electron chi connectivity index (χ3n) is 6.23. The maximum Gasteiger partial charge on any atom is 0.259 e. The number of fused-ring (bicyclic) bond motifs is 6. The van der Waals surface area contributed by atoms with Crippen LogP contribution >= 0.6 is 0 Å². The lowest BCUT2D eigenvalue weighted by Crippen LogP contribution is -2.38. The van der Waals surface area contributed by atoms with Crippen LogP contribution in [0.4, 0.5) is 17.3 Å². The summed E-state index contributed by atoms with van der Waals surface area (Å²) in [7, 11) is 3.62. The van der Waals surface area contributed by atoms with E-state index in [0.29, 0.717) is 48.0 Å². The largest absolute Gasteiger partial charge is 0.391 e. The van der Waals surface area contributed by atoms with Gasteiger partial charge in [0.1, 0.15) is 22.7 Å². The van der Waals surface area contributed by atoms with Gasteiger partial charge in [-0.25, -0.2) is 9.67 Å². The molecule has 0 aliphatic carbocycles. The molecule has 0 saturated carbocycles. The molecule has 1 fully saturated rings. The van der Waals surface area contributed by atoms with Crippen molar-refractivity contribution in [1.29, 1.82) is 0 Å². The minimum atomic E-state index is -0.596. The van der Waals surface area contributed by atoms with Crippen LogP contribution in [-0.2, 0) is 18.4 Å². The van der Waals surface area contributed by atoms with E-state index in [-0.39, 0.29) is 18.5 Å². The molecule has 2 aliphatic rings. The van der Waals surface area contributed by atoms with Gasteiger partial charge in [-0.2, -0.15) is 9.61 Å². The average molecular weight is 449 g/mol. The molecule has 1 amide bonds. The lowest BCUT2D eigenvalue weighted by molar-refractivity contribution is 0.0497. The minimum absolute atomic E-state index is 0.228. The summed E-state index contributed by atoms with van der Waals surface area (Å²) < 4.78 is 9.31. The van der Waals surface area contributed by atoms with Gasteiger partial charge in [-0.3, -0.25) is 4.79 Å². The summed E-state index contributed by atoms with van der Waals surface area (Å²) >= 11 is 0. The Bertz CT molecular complexity index is 1390. The van der Waals surface area contributed by atoms with Crippen molar-refractivity contribution in [3.63, 3.8) is 0 Å². The number of rotatable bonds is 1. The second kappa shape index (κ2) is 7.39. The van der Waals surface area contributed by atoms with Crippen LogP contribution in [0.25, 0.3) is 16.7 Å². The van der Waals surface area contributed by atoms with E-state index >= 15 is 0 Å². The molecule has 4 aromatic rings. The molecular formula is C21H23N9O3. The molecule has 2 aliphatic heterocycles. The summed E-state index contributed by atoms with van der Waals surface area (Å²) in [6.07, 6.45) is 1.38. The van der Waals surface area contributed by atoms with Crippen LogP contribution in [0.15, 0.2) is 24.4 Å². The van der Waals surface area contributed by atoms with Crippen molar-refractivity contribution in [3.05, 3.63) is 35.5 Å². The van der Waals surface area contributed by atoms with Gasteiger partial charge in [0.05, 0.1) is 42.8 Å². The van der Waals surface area contributed by atoms with E-state index in [1.165, 1.54) is 6.20 Å². The Balaban J connectivity index is 1.56. The first-order valence-electron chi connectivity index (χ1n) is 10.7. The Labute approximate surface area is 188 Å². The SMILES string of the molecule is CNc1cc2nc3c(cnn13)C(=O)N1C[C@@H](O)C[C@@H]1COCc1cc(c3nnn(C)c3c1)N2. The molecule has 1 aromatic carbocycles. The van der Waals surface area contributed by atoms with Crippen molar-refractivity contribution in [1.82, 2.24) is 34.5 Å². The number of benzene rings is 1. The third-order valence-corrected chi connectivity index (χ3v) is 6.23. The van der Waals surface area contributed by atoms with E-state index in [2.05, 4.69) is 26.0 Å². The zero-order valence-corrected chi connectivity index (χ0v) is 18.2. The second-order valence-electron chi connectivity index (χ2n) is 8.44. The van der Waals surface area contributed by atoms with E-state index in [4.69, 9.17) is 9.72 Å². The predicted octanol–water partition coefficient (Wildman–Crippen LogP) is 0.902. The maximum atomic E-state index is 13.5. The molecule has 12 heteroatoms. The zero-order valence-electron chi connectivity index (χ0n) is 18.2. The molecule has 4 bridgehead atoms. The first kappa shape index (κ1) is 19.9. The standard InChI is InChI=1S/C21H23N9O3/c1-22-18-6-17-24-15-3-11(4-16-19(15)26-27-28(16)2)9-33-10-12-5-13(31)8-29(12)21(32)14-7-23-30(18)20(14)25-17/h3-4,6-7,12-13,22,31H,5,8-10H2,1-2H3,(H,24,25)/t12-,13+/m1/s1. The van der Waals surface area contributed by atoms with Crippen LogP contribution in [-0.4, -0.2) is 77.9 Å². The van der Waals surface area contributed by atoms with Crippen LogP contribution in [0.5, 0.6) is 0 Å². The van der Waals surface area contributed by atoms with E-state index in [1.807, 2.05) is 25.2 Å². The lowest BCUT2D eigenvalue weighted by atomic mass is 10.1. The molecule has 2 atom stereocenters. The topological polar surface area (TPSA) is 135 Å². The van der Waals surface area contributed by atoms with Gasteiger partial charge < -0.3 is 25.4 Å². The molecule has 0 spiro atoms. The number of nitrogens with zero attached hydrogens (tertiary/aromatic N) is 7. The Morgan fingerprint density at radius 3 is 3.03 bits per heavy atom. The predicted molar refractivity (Wildman–Crippen MR) is 119 cm³/mol. The fourth-order valence-corrected chi connectivity index (χ4v) is 4.63. The molecule has 33 heavy (non-hydrogen) atoms. The number of amides is 1. The monoisotopic (exact) mass is 449 g/mol. The van der Waals surface area contributed by atoms with E-state index < -0.39 is 6.10 Å². The number of aliphatic hydroxyl groups is 1. The summed E-state index contributed by atoms with van der Waals surface area (Å²) in [5.74, 6) is 0.969. The molecule has 5 heterocycles. The van der Waals surface area contributed by atoms with Crippen molar-refractivity contribution >= 4 is 39.9 Å². The maximum absolute atomic E-state index is 13.5. The average Bonchev–Trinajstić information content (AvgIpc) is 3.50. The highest BCUT2D eigenvalue weighted by molar-refractivity contribution is 6.00. The van der Waals surface area contributed by atoms with Gasteiger partial charge in [-0.15, -0.1) is 5.10 Å². The second-order valence-corrected chi connectivity index (χ2v) is 8.44. The quantitative estimate of drug-likeness (QED) is 0.387. The molecule has 0 radical (unpaired) electrons. The summed E-state index contributed by atoms with van der Waals surface area (Å²) in [6, 6.07) is 5.53. The zero-order chi connectivity index (χ0) is 22.7. The number of aromatic nitrogens is 6. The van der Waals surface area contributed by atoms with Crippen LogP contribution < -0.4 is 10.6 Å². The van der Waals surface area contributed by atoms with Gasteiger partial charge in [-0.05, 0) is 24.1 Å². The van der Waals surface area contributed by atoms with Gasteiger partial charge in [0.2, 0.25) is 0 Å². The van der Waals surface area contributed by atoms with Gasteiger partial charge in [0.15, 0.2) is 5.65 Å². The van der Waals surface area contributed by atoms with E-state index in [9.17, 15) is 9.90 Å². The van der Waals surface area contributed by atoms with Gasteiger partial charge >= 0.3 is 0 Å². The van der Waals surface area contributed by atoms with Crippen molar-refractivity contribution in [2.75, 3.05) is 30.8 Å². The molecule has 6 rings (SSSR count). The number of hydrogen-bond donors (Lipinski definition) is 3. The highest BCUT2D eigenvalue weighted by Gasteiger charge is 2.36. The number of aliphatic hydroxyl groups excluding tert-OH is 1. The number of anilines is 3. The highest BCUT2D eigenvalue weighted by Crippen LogP contribution is 2.30. The van der Waals surface area contributed by atoms with E-state index in [1.54, 1.807) is 21.1 Å². The van der Waals surface area contributed by atoms with Gasteiger partial charge in [0.25, 0.3) is 5.91 Å². The van der Waals surface area contributed by atoms with Gasteiger partial charge in [-0.1, -0.05) is 5.21 Å². The summed E-state index contributed by atoms with van der Waals surface area (Å²) in [6.45, 7) is 0.905. The summed E-state index contributed by atoms with van der Waals surface area (Å²) in [4.78, 5) is 19.8. The van der Waals surface area contributed by atoms with Crippen LogP contribution in [0.1, 0.15) is 22.3 Å². The number of carbonyl (C=O) groups excluding carboxylic acids is 1. The van der Waals surface area contributed by atoms with Crippen LogP contribution in [0.3, 0.4) is 0 Å². The molecule has 3 N–H and O–H groups in total.